The third-order valence-electron chi connectivity index (χ3n) is 3.51. The zero-order valence-electron chi connectivity index (χ0n) is 14.3. The summed E-state index contributed by atoms with van der Waals surface area (Å²) in [5.74, 6) is -0.200. The van der Waals surface area contributed by atoms with E-state index in [1.807, 2.05) is 37.3 Å². The van der Waals surface area contributed by atoms with Crippen molar-refractivity contribution in [1.29, 1.82) is 0 Å². The Hall–Kier alpha value is -2.67. The van der Waals surface area contributed by atoms with E-state index in [9.17, 15) is 9.59 Å². The van der Waals surface area contributed by atoms with Crippen molar-refractivity contribution in [2.24, 2.45) is 0 Å². The van der Waals surface area contributed by atoms with Gasteiger partial charge in [0.05, 0.1) is 13.2 Å². The molecule has 0 atom stereocenters. The molecule has 0 radical (unpaired) electrons. The SMILES string of the molecule is CCCCN(CC(=O)Nc1ccon1)C(=O)COCc1ccccc1. The predicted octanol–water partition coefficient (Wildman–Crippen LogP) is 2.46. The van der Waals surface area contributed by atoms with Crippen molar-refractivity contribution in [3.63, 3.8) is 0 Å². The van der Waals surface area contributed by atoms with E-state index in [0.717, 1.165) is 18.4 Å². The number of anilines is 1. The number of benzene rings is 1. The first-order chi connectivity index (χ1) is 12.2. The molecule has 0 saturated carbocycles. The number of hydrogen-bond acceptors (Lipinski definition) is 5. The van der Waals surface area contributed by atoms with Crippen molar-refractivity contribution < 1.29 is 18.8 Å². The molecule has 2 aromatic rings. The Bertz CT molecular complexity index is 644. The zero-order chi connectivity index (χ0) is 17.9. The van der Waals surface area contributed by atoms with Crippen molar-refractivity contribution in [2.75, 3.05) is 25.0 Å². The van der Waals surface area contributed by atoms with Crippen LogP contribution in [-0.2, 0) is 20.9 Å². The normalized spacial score (nSPS) is 10.4. The molecular weight excluding hydrogens is 322 g/mol. The van der Waals surface area contributed by atoms with E-state index in [1.54, 1.807) is 6.07 Å². The highest BCUT2D eigenvalue weighted by molar-refractivity contribution is 5.93. The summed E-state index contributed by atoms with van der Waals surface area (Å²) < 4.78 is 10.1. The average molecular weight is 345 g/mol. The molecule has 2 amide bonds. The van der Waals surface area contributed by atoms with E-state index < -0.39 is 0 Å². The molecule has 1 heterocycles. The largest absolute Gasteiger partial charge is 0.367 e. The average Bonchev–Trinajstić information content (AvgIpc) is 3.12. The molecule has 0 aliphatic heterocycles. The van der Waals surface area contributed by atoms with E-state index in [1.165, 1.54) is 11.2 Å². The highest BCUT2D eigenvalue weighted by atomic mass is 16.5. The number of unbranched alkanes of at least 4 members (excludes halogenated alkanes) is 1. The van der Waals surface area contributed by atoms with Crippen molar-refractivity contribution >= 4 is 17.6 Å². The molecule has 7 nitrogen and oxygen atoms in total. The number of carbonyl (C=O) groups is 2. The summed E-state index contributed by atoms with van der Waals surface area (Å²) in [7, 11) is 0. The highest BCUT2D eigenvalue weighted by Crippen LogP contribution is 2.04. The molecule has 0 saturated heterocycles. The Morgan fingerprint density at radius 1 is 1.24 bits per heavy atom. The standard InChI is InChI=1S/C18H23N3O4/c1-2-3-10-21(12-17(22)19-16-9-11-25-20-16)18(23)14-24-13-15-7-5-4-6-8-15/h4-9,11H,2-3,10,12-14H2,1H3,(H,19,20,22). The molecule has 1 aromatic carbocycles. The molecule has 0 aliphatic carbocycles. The number of amides is 2. The summed E-state index contributed by atoms with van der Waals surface area (Å²) in [5, 5.41) is 6.21. The van der Waals surface area contributed by atoms with Crippen LogP contribution in [-0.4, -0.2) is 41.6 Å². The van der Waals surface area contributed by atoms with Gasteiger partial charge in [0, 0.05) is 12.6 Å². The molecule has 0 aliphatic rings. The number of nitrogens with zero attached hydrogens (tertiary/aromatic N) is 2. The van der Waals surface area contributed by atoms with Crippen LogP contribution < -0.4 is 5.32 Å². The molecule has 7 heteroatoms. The van der Waals surface area contributed by atoms with Crippen LogP contribution in [0.2, 0.25) is 0 Å². The molecule has 0 unspecified atom stereocenters. The van der Waals surface area contributed by atoms with Gasteiger partial charge in [-0.2, -0.15) is 0 Å². The lowest BCUT2D eigenvalue weighted by Crippen LogP contribution is -2.40. The second-order valence-corrected chi connectivity index (χ2v) is 5.58. The van der Waals surface area contributed by atoms with Gasteiger partial charge in [-0.25, -0.2) is 0 Å². The molecule has 25 heavy (non-hydrogen) atoms. The fourth-order valence-corrected chi connectivity index (χ4v) is 2.20. The molecule has 1 N–H and O–H groups in total. The lowest BCUT2D eigenvalue weighted by molar-refractivity contribution is -0.139. The lowest BCUT2D eigenvalue weighted by atomic mass is 10.2. The van der Waals surface area contributed by atoms with Crippen LogP contribution in [0.1, 0.15) is 25.3 Å². The summed E-state index contributed by atoms with van der Waals surface area (Å²) in [6.07, 6.45) is 3.12. The maximum atomic E-state index is 12.4. The molecule has 0 bridgehead atoms. The van der Waals surface area contributed by atoms with Crippen LogP contribution in [0.4, 0.5) is 5.82 Å². The summed E-state index contributed by atoms with van der Waals surface area (Å²) in [6.45, 7) is 2.80. The van der Waals surface area contributed by atoms with Gasteiger partial charge < -0.3 is 19.5 Å². The summed E-state index contributed by atoms with van der Waals surface area (Å²) >= 11 is 0. The second kappa shape index (κ2) is 10.2. The molecule has 1 aromatic heterocycles. The van der Waals surface area contributed by atoms with Gasteiger partial charge in [-0.05, 0) is 12.0 Å². The number of rotatable bonds is 10. The van der Waals surface area contributed by atoms with E-state index in [4.69, 9.17) is 4.74 Å². The smallest absolute Gasteiger partial charge is 0.249 e. The van der Waals surface area contributed by atoms with Crippen LogP contribution >= 0.6 is 0 Å². The van der Waals surface area contributed by atoms with Crippen LogP contribution in [0.25, 0.3) is 0 Å². The van der Waals surface area contributed by atoms with E-state index in [0.29, 0.717) is 19.0 Å². The third kappa shape index (κ3) is 6.76. The number of carbonyl (C=O) groups excluding carboxylic acids is 2. The summed E-state index contributed by atoms with van der Waals surface area (Å²) in [5.41, 5.74) is 0.999. The van der Waals surface area contributed by atoms with Crippen molar-refractivity contribution in [1.82, 2.24) is 10.1 Å². The lowest BCUT2D eigenvalue weighted by Gasteiger charge is -2.21. The van der Waals surface area contributed by atoms with Gasteiger partial charge >= 0.3 is 0 Å². The topological polar surface area (TPSA) is 84.7 Å². The molecule has 134 valence electrons. The Morgan fingerprint density at radius 2 is 2.04 bits per heavy atom. The van der Waals surface area contributed by atoms with Crippen molar-refractivity contribution in [2.45, 2.75) is 26.4 Å². The van der Waals surface area contributed by atoms with E-state index in [-0.39, 0.29) is 25.0 Å². The van der Waals surface area contributed by atoms with E-state index in [2.05, 4.69) is 15.0 Å². The first-order valence-corrected chi connectivity index (χ1v) is 8.28. The zero-order valence-corrected chi connectivity index (χ0v) is 14.3. The first kappa shape index (κ1) is 18.7. The number of aromatic nitrogens is 1. The van der Waals surface area contributed by atoms with Crippen LogP contribution in [0.5, 0.6) is 0 Å². The van der Waals surface area contributed by atoms with Crippen molar-refractivity contribution in [3.05, 3.63) is 48.2 Å². The quantitative estimate of drug-likeness (QED) is 0.715. The molecular formula is C18H23N3O4. The Balaban J connectivity index is 1.82. The fraction of sp³-hybridized carbons (Fsp3) is 0.389. The number of hydrogen-bond donors (Lipinski definition) is 1. The summed E-state index contributed by atoms with van der Waals surface area (Å²) in [4.78, 5) is 25.9. The minimum Gasteiger partial charge on any atom is -0.367 e. The number of ether oxygens (including phenoxy) is 1. The van der Waals surface area contributed by atoms with Crippen LogP contribution in [0.3, 0.4) is 0 Å². The molecule has 0 spiro atoms. The van der Waals surface area contributed by atoms with Gasteiger partial charge in [0.1, 0.15) is 12.9 Å². The number of nitrogens with one attached hydrogen (secondary N) is 1. The van der Waals surface area contributed by atoms with Gasteiger partial charge in [-0.1, -0.05) is 48.8 Å². The third-order valence-corrected chi connectivity index (χ3v) is 3.51. The maximum Gasteiger partial charge on any atom is 0.249 e. The minimum absolute atomic E-state index is 0.0413. The van der Waals surface area contributed by atoms with E-state index >= 15 is 0 Å². The van der Waals surface area contributed by atoms with Gasteiger partial charge in [-0.15, -0.1) is 0 Å². The second-order valence-electron chi connectivity index (χ2n) is 5.58. The van der Waals surface area contributed by atoms with Crippen LogP contribution in [0.15, 0.2) is 47.2 Å². The van der Waals surface area contributed by atoms with Gasteiger partial charge in [0.15, 0.2) is 5.82 Å². The Labute approximate surface area is 146 Å². The molecule has 2 rings (SSSR count). The molecule has 0 fully saturated rings. The first-order valence-electron chi connectivity index (χ1n) is 8.28. The Kier molecular flexibility index (Phi) is 7.65. The maximum absolute atomic E-state index is 12.4. The monoisotopic (exact) mass is 345 g/mol. The van der Waals surface area contributed by atoms with Gasteiger partial charge in [0.25, 0.3) is 0 Å². The Morgan fingerprint density at radius 3 is 2.72 bits per heavy atom. The fourth-order valence-electron chi connectivity index (χ4n) is 2.20. The van der Waals surface area contributed by atoms with Crippen LogP contribution in [0, 0.1) is 0 Å². The predicted molar refractivity (Wildman–Crippen MR) is 92.7 cm³/mol. The minimum atomic E-state index is -0.318. The van der Waals surface area contributed by atoms with Gasteiger partial charge in [-0.3, -0.25) is 9.59 Å². The summed E-state index contributed by atoms with van der Waals surface area (Å²) in [6, 6.07) is 11.2. The van der Waals surface area contributed by atoms with Crippen molar-refractivity contribution in [3.8, 4) is 0 Å². The van der Waals surface area contributed by atoms with Gasteiger partial charge in [0.2, 0.25) is 11.8 Å². The highest BCUT2D eigenvalue weighted by Gasteiger charge is 2.17.